The summed E-state index contributed by atoms with van der Waals surface area (Å²) in [6.07, 6.45) is 4.22. The molecule has 6 heteroatoms. The number of hydrogen-bond acceptors (Lipinski definition) is 5. The third-order valence-electron chi connectivity index (χ3n) is 4.06. The molecule has 24 heavy (non-hydrogen) atoms. The molecule has 0 aliphatic rings. The molecule has 0 aliphatic carbocycles. The summed E-state index contributed by atoms with van der Waals surface area (Å²) in [6, 6.07) is 7.40. The zero-order valence-electron chi connectivity index (χ0n) is 13.7. The van der Waals surface area contributed by atoms with Gasteiger partial charge >= 0.3 is 0 Å². The van der Waals surface area contributed by atoms with Gasteiger partial charge in [-0.3, -0.25) is 4.79 Å². The summed E-state index contributed by atoms with van der Waals surface area (Å²) in [5.74, 6) is 2.12. The van der Waals surface area contributed by atoms with E-state index < -0.39 is 0 Å². The maximum atomic E-state index is 12.2. The first-order chi connectivity index (χ1) is 11.6. The highest BCUT2D eigenvalue weighted by atomic mass is 16.5. The van der Waals surface area contributed by atoms with Crippen LogP contribution in [0.3, 0.4) is 0 Å². The second-order valence-corrected chi connectivity index (χ2v) is 5.69. The van der Waals surface area contributed by atoms with Crippen molar-refractivity contribution in [3.8, 4) is 0 Å². The lowest BCUT2D eigenvalue weighted by Crippen LogP contribution is -2.28. The number of nitrogens with one attached hydrogen (secondary N) is 1. The lowest BCUT2D eigenvalue weighted by molar-refractivity contribution is -0.121. The summed E-state index contributed by atoms with van der Waals surface area (Å²) in [5.41, 5.74) is 1.84. The lowest BCUT2D eigenvalue weighted by Gasteiger charge is -2.13. The third kappa shape index (κ3) is 3.59. The largest absolute Gasteiger partial charge is 0.469 e. The Morgan fingerprint density at radius 2 is 1.83 bits per heavy atom. The van der Waals surface area contributed by atoms with Crippen molar-refractivity contribution in [3.05, 3.63) is 65.3 Å². The highest BCUT2D eigenvalue weighted by Gasteiger charge is 2.20. The zero-order valence-corrected chi connectivity index (χ0v) is 13.7. The number of nitrogens with zero attached hydrogens (tertiary/aromatic N) is 1. The molecule has 0 aliphatic heterocycles. The molecule has 3 aromatic heterocycles. The molecule has 0 fully saturated rings. The Balaban J connectivity index is 1.58. The molecule has 0 atom stereocenters. The van der Waals surface area contributed by atoms with Crippen LogP contribution >= 0.6 is 0 Å². The fraction of sp³-hybridized carbons (Fsp3) is 0.333. The number of furan rings is 2. The SMILES string of the molecule is Cc1noc(C)c1CCC(=O)NCC(c1ccco1)c1ccco1. The Labute approximate surface area is 139 Å². The molecule has 0 unspecified atom stereocenters. The monoisotopic (exact) mass is 328 g/mol. The Morgan fingerprint density at radius 3 is 2.33 bits per heavy atom. The average Bonchev–Trinajstić information content (AvgIpc) is 3.31. The van der Waals surface area contributed by atoms with Crippen LogP contribution in [0.15, 0.2) is 50.1 Å². The van der Waals surface area contributed by atoms with Gasteiger partial charge in [0.05, 0.1) is 24.1 Å². The van der Waals surface area contributed by atoms with Crippen LogP contribution in [-0.2, 0) is 11.2 Å². The van der Waals surface area contributed by atoms with E-state index in [1.165, 1.54) is 0 Å². The van der Waals surface area contributed by atoms with Crippen molar-refractivity contribution >= 4 is 5.91 Å². The molecular formula is C18H20N2O4. The number of hydrogen-bond donors (Lipinski definition) is 1. The van der Waals surface area contributed by atoms with Gasteiger partial charge < -0.3 is 18.7 Å². The molecule has 3 heterocycles. The first-order valence-corrected chi connectivity index (χ1v) is 7.90. The number of carbonyl (C=O) groups excluding carboxylic acids is 1. The molecule has 0 saturated heterocycles. The van der Waals surface area contributed by atoms with E-state index in [1.54, 1.807) is 12.5 Å². The molecule has 0 saturated carbocycles. The normalized spacial score (nSPS) is 11.1. The van der Waals surface area contributed by atoms with Crippen molar-refractivity contribution in [1.29, 1.82) is 0 Å². The predicted octanol–water partition coefficient (Wildman–Crippen LogP) is 3.36. The van der Waals surface area contributed by atoms with E-state index in [4.69, 9.17) is 13.4 Å². The van der Waals surface area contributed by atoms with Gasteiger partial charge in [-0.25, -0.2) is 0 Å². The van der Waals surface area contributed by atoms with Crippen LogP contribution in [0, 0.1) is 13.8 Å². The van der Waals surface area contributed by atoms with E-state index in [9.17, 15) is 4.79 Å². The molecule has 0 bridgehead atoms. The second-order valence-electron chi connectivity index (χ2n) is 5.69. The molecule has 126 valence electrons. The number of carbonyl (C=O) groups is 1. The van der Waals surface area contributed by atoms with Crippen molar-refractivity contribution in [2.24, 2.45) is 0 Å². The summed E-state index contributed by atoms with van der Waals surface area (Å²) in [5, 5.41) is 6.86. The summed E-state index contributed by atoms with van der Waals surface area (Å²) in [4.78, 5) is 12.2. The molecule has 0 radical (unpaired) electrons. The van der Waals surface area contributed by atoms with Gasteiger partial charge in [-0.1, -0.05) is 5.16 Å². The fourth-order valence-electron chi connectivity index (χ4n) is 2.72. The van der Waals surface area contributed by atoms with E-state index in [-0.39, 0.29) is 11.8 Å². The Kier molecular flexibility index (Phi) is 4.84. The van der Waals surface area contributed by atoms with Crippen molar-refractivity contribution in [1.82, 2.24) is 10.5 Å². The first kappa shape index (κ1) is 16.1. The number of amides is 1. The highest BCUT2D eigenvalue weighted by Crippen LogP contribution is 2.24. The smallest absolute Gasteiger partial charge is 0.220 e. The highest BCUT2D eigenvalue weighted by molar-refractivity contribution is 5.76. The minimum absolute atomic E-state index is 0.0295. The maximum absolute atomic E-state index is 12.2. The van der Waals surface area contributed by atoms with Gasteiger partial charge in [-0.15, -0.1) is 0 Å². The number of aromatic nitrogens is 1. The van der Waals surface area contributed by atoms with Crippen molar-refractivity contribution in [2.75, 3.05) is 6.54 Å². The van der Waals surface area contributed by atoms with E-state index in [2.05, 4.69) is 10.5 Å². The van der Waals surface area contributed by atoms with Gasteiger partial charge in [0.1, 0.15) is 17.3 Å². The second kappa shape index (κ2) is 7.21. The quantitative estimate of drug-likeness (QED) is 0.719. The molecule has 3 rings (SSSR count). The van der Waals surface area contributed by atoms with Crippen LogP contribution in [0.2, 0.25) is 0 Å². The lowest BCUT2D eigenvalue weighted by atomic mass is 10.0. The molecule has 3 aromatic rings. The Morgan fingerprint density at radius 1 is 1.17 bits per heavy atom. The van der Waals surface area contributed by atoms with Crippen LogP contribution in [0.25, 0.3) is 0 Å². The van der Waals surface area contributed by atoms with Crippen LogP contribution in [0.1, 0.15) is 40.9 Å². The number of aryl methyl sites for hydroxylation is 2. The predicted molar refractivity (Wildman–Crippen MR) is 86.6 cm³/mol. The van der Waals surface area contributed by atoms with Crippen LogP contribution in [-0.4, -0.2) is 17.6 Å². The molecule has 0 aromatic carbocycles. The minimum atomic E-state index is -0.141. The zero-order chi connectivity index (χ0) is 16.9. The van der Waals surface area contributed by atoms with E-state index in [1.807, 2.05) is 38.1 Å². The van der Waals surface area contributed by atoms with Crippen molar-refractivity contribution in [3.63, 3.8) is 0 Å². The van der Waals surface area contributed by atoms with Crippen molar-refractivity contribution < 1.29 is 18.2 Å². The Hall–Kier alpha value is -2.76. The fourth-order valence-corrected chi connectivity index (χ4v) is 2.72. The van der Waals surface area contributed by atoms with Gasteiger partial charge in [0.25, 0.3) is 0 Å². The van der Waals surface area contributed by atoms with E-state index >= 15 is 0 Å². The summed E-state index contributed by atoms with van der Waals surface area (Å²) < 4.78 is 16.1. The average molecular weight is 328 g/mol. The molecular weight excluding hydrogens is 308 g/mol. The molecule has 1 amide bonds. The van der Waals surface area contributed by atoms with Crippen LogP contribution in [0.5, 0.6) is 0 Å². The van der Waals surface area contributed by atoms with Gasteiger partial charge in [-0.05, 0) is 44.5 Å². The topological polar surface area (TPSA) is 81.4 Å². The van der Waals surface area contributed by atoms with Gasteiger partial charge in [0.2, 0.25) is 5.91 Å². The Bertz CT molecular complexity index is 718. The molecule has 0 spiro atoms. The summed E-state index contributed by atoms with van der Waals surface area (Å²) in [6.45, 7) is 4.16. The minimum Gasteiger partial charge on any atom is -0.469 e. The number of rotatable bonds is 7. The van der Waals surface area contributed by atoms with E-state index in [0.717, 1.165) is 28.5 Å². The molecule has 1 N–H and O–H groups in total. The van der Waals surface area contributed by atoms with Crippen LogP contribution in [0.4, 0.5) is 0 Å². The molecule has 6 nitrogen and oxygen atoms in total. The third-order valence-corrected chi connectivity index (χ3v) is 4.06. The maximum Gasteiger partial charge on any atom is 0.220 e. The van der Waals surface area contributed by atoms with Gasteiger partial charge in [-0.2, -0.15) is 0 Å². The van der Waals surface area contributed by atoms with Gasteiger partial charge in [0, 0.05) is 18.5 Å². The summed E-state index contributed by atoms with van der Waals surface area (Å²) >= 11 is 0. The van der Waals surface area contributed by atoms with Gasteiger partial charge in [0.15, 0.2) is 0 Å². The van der Waals surface area contributed by atoms with Crippen LogP contribution < -0.4 is 5.32 Å². The van der Waals surface area contributed by atoms with Crippen molar-refractivity contribution in [2.45, 2.75) is 32.6 Å². The van der Waals surface area contributed by atoms with E-state index in [0.29, 0.717) is 19.4 Å². The standard InChI is InChI=1S/C18H20N2O4/c1-12-14(13(2)24-20-12)7-8-18(21)19-11-15(16-5-3-9-22-16)17-6-4-10-23-17/h3-6,9-10,15H,7-8,11H2,1-2H3,(H,19,21). The first-order valence-electron chi connectivity index (χ1n) is 7.90. The summed E-state index contributed by atoms with van der Waals surface area (Å²) in [7, 11) is 0.